The highest BCUT2D eigenvalue weighted by molar-refractivity contribution is 6.30. The summed E-state index contributed by atoms with van der Waals surface area (Å²) in [4.78, 5) is 37.9. The molecule has 0 aromatic heterocycles. The third-order valence-electron chi connectivity index (χ3n) is 3.89. The molecule has 1 N–H and O–H groups in total. The summed E-state index contributed by atoms with van der Waals surface area (Å²) >= 11 is 5.92. The van der Waals surface area contributed by atoms with Crippen LogP contribution in [-0.4, -0.2) is 29.2 Å². The number of rotatable bonds is 5. The van der Waals surface area contributed by atoms with Crippen molar-refractivity contribution in [2.75, 3.05) is 6.54 Å². The van der Waals surface area contributed by atoms with Crippen molar-refractivity contribution in [1.29, 1.82) is 0 Å². The fourth-order valence-corrected chi connectivity index (χ4v) is 2.87. The minimum Gasteiger partial charge on any atom is -0.348 e. The van der Waals surface area contributed by atoms with Gasteiger partial charge in [-0.1, -0.05) is 29.8 Å². The van der Waals surface area contributed by atoms with Gasteiger partial charge in [0, 0.05) is 23.7 Å². The number of amides is 3. The van der Waals surface area contributed by atoms with Crippen molar-refractivity contribution < 1.29 is 14.4 Å². The first-order valence-corrected chi connectivity index (χ1v) is 8.03. The molecular formula is C19H15ClN2O3. The highest BCUT2D eigenvalue weighted by Crippen LogP contribution is 2.24. The van der Waals surface area contributed by atoms with Crippen LogP contribution in [0.4, 0.5) is 0 Å². The van der Waals surface area contributed by atoms with E-state index in [4.69, 9.17) is 11.6 Å². The van der Waals surface area contributed by atoms with Gasteiger partial charge in [-0.05, 0) is 35.9 Å². The lowest BCUT2D eigenvalue weighted by Gasteiger charge is -2.09. The number of fused-ring (bicyclic) bond motifs is 1. The Hall–Kier alpha value is -2.92. The van der Waals surface area contributed by atoms with E-state index in [1.807, 2.05) is 6.07 Å². The Bertz CT molecular complexity index is 892. The lowest BCUT2D eigenvalue weighted by Crippen LogP contribution is -2.29. The Kier molecular flexibility index (Phi) is 4.67. The second-order valence-electron chi connectivity index (χ2n) is 5.58. The van der Waals surface area contributed by atoms with Crippen molar-refractivity contribution >= 4 is 29.3 Å². The van der Waals surface area contributed by atoms with Gasteiger partial charge in [-0.15, -0.1) is 6.58 Å². The zero-order valence-electron chi connectivity index (χ0n) is 13.3. The van der Waals surface area contributed by atoms with Crippen LogP contribution in [0.15, 0.2) is 55.1 Å². The molecule has 0 unspecified atom stereocenters. The smallest absolute Gasteiger partial charge is 0.261 e. The monoisotopic (exact) mass is 354 g/mol. The van der Waals surface area contributed by atoms with E-state index in [9.17, 15) is 14.4 Å². The molecule has 3 amide bonds. The quantitative estimate of drug-likeness (QED) is 0.663. The van der Waals surface area contributed by atoms with Gasteiger partial charge in [0.1, 0.15) is 0 Å². The van der Waals surface area contributed by atoms with E-state index >= 15 is 0 Å². The van der Waals surface area contributed by atoms with Gasteiger partial charge in [0.15, 0.2) is 0 Å². The van der Waals surface area contributed by atoms with Crippen LogP contribution in [0.5, 0.6) is 0 Å². The lowest BCUT2D eigenvalue weighted by atomic mass is 10.1. The SMILES string of the molecule is C=CCN1C(=O)c2ccc(C(=O)NCc3cccc(Cl)c3)cc2C1=O. The Balaban J connectivity index is 1.76. The Labute approximate surface area is 149 Å². The maximum absolute atomic E-state index is 12.3. The molecule has 6 heteroatoms. The summed E-state index contributed by atoms with van der Waals surface area (Å²) in [5.41, 5.74) is 1.73. The number of imide groups is 1. The van der Waals surface area contributed by atoms with E-state index in [-0.39, 0.29) is 23.9 Å². The second-order valence-corrected chi connectivity index (χ2v) is 6.02. The molecule has 0 spiro atoms. The summed E-state index contributed by atoms with van der Waals surface area (Å²) in [5, 5.41) is 3.37. The Morgan fingerprint density at radius 2 is 1.88 bits per heavy atom. The van der Waals surface area contributed by atoms with Gasteiger partial charge in [-0.3, -0.25) is 19.3 Å². The Morgan fingerprint density at radius 1 is 1.12 bits per heavy atom. The minimum atomic E-state index is -0.413. The van der Waals surface area contributed by atoms with Crippen molar-refractivity contribution in [2.24, 2.45) is 0 Å². The average Bonchev–Trinajstić information content (AvgIpc) is 2.84. The van der Waals surface area contributed by atoms with Crippen LogP contribution < -0.4 is 5.32 Å². The zero-order chi connectivity index (χ0) is 18.0. The first-order valence-electron chi connectivity index (χ1n) is 7.65. The van der Waals surface area contributed by atoms with E-state index in [2.05, 4.69) is 11.9 Å². The van der Waals surface area contributed by atoms with E-state index < -0.39 is 5.91 Å². The fourth-order valence-electron chi connectivity index (χ4n) is 2.66. The maximum Gasteiger partial charge on any atom is 0.261 e. The van der Waals surface area contributed by atoms with Gasteiger partial charge >= 0.3 is 0 Å². The van der Waals surface area contributed by atoms with Gasteiger partial charge in [0.05, 0.1) is 11.1 Å². The molecule has 3 rings (SSSR count). The van der Waals surface area contributed by atoms with Gasteiger partial charge in [0.2, 0.25) is 0 Å². The van der Waals surface area contributed by atoms with E-state index in [0.29, 0.717) is 22.7 Å². The number of hydrogen-bond donors (Lipinski definition) is 1. The van der Waals surface area contributed by atoms with Crippen molar-refractivity contribution in [2.45, 2.75) is 6.54 Å². The molecule has 5 nitrogen and oxygen atoms in total. The molecule has 126 valence electrons. The van der Waals surface area contributed by atoms with Crippen molar-refractivity contribution in [1.82, 2.24) is 10.2 Å². The first kappa shape index (κ1) is 16.9. The predicted octanol–water partition coefficient (Wildman–Crippen LogP) is 3.05. The minimum absolute atomic E-state index is 0.142. The predicted molar refractivity (Wildman–Crippen MR) is 94.6 cm³/mol. The molecule has 1 heterocycles. The third-order valence-corrected chi connectivity index (χ3v) is 4.12. The van der Waals surface area contributed by atoms with Gasteiger partial charge in [-0.2, -0.15) is 0 Å². The molecule has 0 atom stereocenters. The van der Waals surface area contributed by atoms with Gasteiger partial charge < -0.3 is 5.32 Å². The van der Waals surface area contributed by atoms with Crippen molar-refractivity contribution in [3.63, 3.8) is 0 Å². The Morgan fingerprint density at radius 3 is 2.60 bits per heavy atom. The topological polar surface area (TPSA) is 66.5 Å². The largest absolute Gasteiger partial charge is 0.348 e. The van der Waals surface area contributed by atoms with Crippen LogP contribution in [0.1, 0.15) is 36.6 Å². The summed E-state index contributed by atoms with van der Waals surface area (Å²) in [6.07, 6.45) is 1.49. The van der Waals surface area contributed by atoms with Crippen LogP contribution in [0.2, 0.25) is 5.02 Å². The van der Waals surface area contributed by atoms with Crippen molar-refractivity contribution in [3.05, 3.63) is 82.4 Å². The second kappa shape index (κ2) is 6.91. The third kappa shape index (κ3) is 3.32. The molecule has 25 heavy (non-hydrogen) atoms. The number of benzene rings is 2. The van der Waals surface area contributed by atoms with Crippen molar-refractivity contribution in [3.8, 4) is 0 Å². The molecule has 1 aliphatic rings. The fraction of sp³-hybridized carbons (Fsp3) is 0.105. The summed E-state index contributed by atoms with van der Waals surface area (Å²) in [6.45, 7) is 3.99. The first-order chi connectivity index (χ1) is 12.0. The highest BCUT2D eigenvalue weighted by Gasteiger charge is 2.35. The molecule has 0 aliphatic carbocycles. The molecule has 0 bridgehead atoms. The summed E-state index contributed by atoms with van der Waals surface area (Å²) in [6, 6.07) is 11.7. The summed E-state index contributed by atoms with van der Waals surface area (Å²) in [5.74, 6) is -1.11. The number of halogens is 1. The normalized spacial score (nSPS) is 12.9. The summed E-state index contributed by atoms with van der Waals surface area (Å²) in [7, 11) is 0. The number of nitrogens with one attached hydrogen (secondary N) is 1. The standard InChI is InChI=1S/C19H15ClN2O3/c1-2-8-22-18(24)15-7-6-13(10-16(15)19(22)25)17(23)21-11-12-4-3-5-14(20)9-12/h2-7,9-10H,1,8,11H2,(H,21,23). The molecule has 0 saturated carbocycles. The number of carbonyl (C=O) groups is 3. The molecule has 1 aliphatic heterocycles. The number of hydrogen-bond acceptors (Lipinski definition) is 3. The van der Waals surface area contributed by atoms with Crippen LogP contribution >= 0.6 is 11.6 Å². The van der Waals surface area contributed by atoms with E-state index in [1.54, 1.807) is 18.2 Å². The van der Waals surface area contributed by atoms with Crippen LogP contribution in [-0.2, 0) is 6.54 Å². The van der Waals surface area contributed by atoms with Crippen LogP contribution in [0, 0.1) is 0 Å². The lowest BCUT2D eigenvalue weighted by molar-refractivity contribution is 0.0672. The molecule has 0 radical (unpaired) electrons. The number of nitrogens with zero attached hydrogens (tertiary/aromatic N) is 1. The van der Waals surface area contributed by atoms with Gasteiger partial charge in [-0.25, -0.2) is 0 Å². The maximum atomic E-state index is 12.3. The molecule has 2 aromatic rings. The molecule has 2 aromatic carbocycles. The summed E-state index contributed by atoms with van der Waals surface area (Å²) < 4.78 is 0. The molecular weight excluding hydrogens is 340 g/mol. The average molecular weight is 355 g/mol. The highest BCUT2D eigenvalue weighted by atomic mass is 35.5. The van der Waals surface area contributed by atoms with E-state index in [0.717, 1.165) is 10.5 Å². The molecule has 0 saturated heterocycles. The zero-order valence-corrected chi connectivity index (χ0v) is 14.0. The van der Waals surface area contributed by atoms with Crippen LogP contribution in [0.25, 0.3) is 0 Å². The molecule has 0 fully saturated rings. The number of carbonyl (C=O) groups excluding carboxylic acids is 3. The van der Waals surface area contributed by atoms with Crippen LogP contribution in [0.3, 0.4) is 0 Å². The van der Waals surface area contributed by atoms with E-state index in [1.165, 1.54) is 24.3 Å². The van der Waals surface area contributed by atoms with Gasteiger partial charge in [0.25, 0.3) is 17.7 Å².